The summed E-state index contributed by atoms with van der Waals surface area (Å²) in [5, 5.41) is 18.3. The predicted octanol–water partition coefficient (Wildman–Crippen LogP) is 4.48. The number of pyridine rings is 1. The van der Waals surface area contributed by atoms with E-state index >= 15 is 0 Å². The molecule has 2 aliphatic heterocycles. The zero-order chi connectivity index (χ0) is 35.6. The molecule has 0 spiro atoms. The molecule has 5 aromatic rings. The van der Waals surface area contributed by atoms with Crippen LogP contribution in [0.4, 0.5) is 0 Å². The van der Waals surface area contributed by atoms with Gasteiger partial charge < -0.3 is 26.0 Å². The summed E-state index contributed by atoms with van der Waals surface area (Å²) in [5.74, 6) is 1.20. The number of aromatic nitrogens is 4. The van der Waals surface area contributed by atoms with Crippen molar-refractivity contribution in [2.45, 2.75) is 50.9 Å². The standard InChI is InChI=1S/C37H38Cl2N8O4/c1-46-31(19-41-18-24-11-14-33(49)43-24)45-47-20-22(15-30(47)37(46)50)25-5-3-6-26(34(25)38)27-7-4-8-28(35(27)39)29-12-9-21(36(44-29)51-2)16-40-17-23-10-13-32(48)42-23/h3-9,12,15,20,23-24,40-41H,10-11,13-14,16-19H2,1-2H3,(H,42,48)(H,43,49)/t23-,24+/m0/s1. The third kappa shape index (κ3) is 7.22. The quantitative estimate of drug-likeness (QED) is 0.147. The summed E-state index contributed by atoms with van der Waals surface area (Å²) in [5.41, 5.74) is 5.43. The number of benzene rings is 2. The molecule has 0 bridgehead atoms. The van der Waals surface area contributed by atoms with Gasteiger partial charge in [-0.1, -0.05) is 65.7 Å². The third-order valence-corrected chi connectivity index (χ3v) is 10.3. The molecule has 51 heavy (non-hydrogen) atoms. The fraction of sp³-hybridized carbons (Fsp3) is 0.324. The molecule has 3 aromatic heterocycles. The van der Waals surface area contributed by atoms with Crippen molar-refractivity contribution in [3.05, 3.63) is 92.6 Å². The summed E-state index contributed by atoms with van der Waals surface area (Å²) < 4.78 is 8.77. The van der Waals surface area contributed by atoms with Gasteiger partial charge in [-0.3, -0.25) is 19.0 Å². The van der Waals surface area contributed by atoms with E-state index in [2.05, 4.69) is 21.3 Å². The van der Waals surface area contributed by atoms with Crippen LogP contribution < -0.4 is 31.6 Å². The van der Waals surface area contributed by atoms with Crippen LogP contribution in [0.2, 0.25) is 10.0 Å². The Balaban J connectivity index is 1.13. The molecule has 0 unspecified atom stereocenters. The molecule has 0 aliphatic carbocycles. The molecule has 12 nitrogen and oxygen atoms in total. The molecule has 2 saturated heterocycles. The van der Waals surface area contributed by atoms with Crippen molar-refractivity contribution in [3.63, 3.8) is 0 Å². The topological polar surface area (TPSA) is 144 Å². The van der Waals surface area contributed by atoms with Gasteiger partial charge in [-0.2, -0.15) is 5.10 Å². The van der Waals surface area contributed by atoms with Gasteiger partial charge in [0, 0.05) is 91.2 Å². The number of nitrogens with one attached hydrogen (secondary N) is 4. The molecule has 0 radical (unpaired) electrons. The van der Waals surface area contributed by atoms with E-state index in [0.29, 0.717) is 72.0 Å². The summed E-state index contributed by atoms with van der Waals surface area (Å²) in [6.07, 6.45) is 4.51. The normalized spacial score (nSPS) is 17.3. The van der Waals surface area contributed by atoms with Crippen LogP contribution in [0.15, 0.2) is 65.6 Å². The molecule has 14 heteroatoms. The van der Waals surface area contributed by atoms with Crippen LogP contribution >= 0.6 is 23.2 Å². The maximum atomic E-state index is 13.4. The number of amides is 2. The third-order valence-electron chi connectivity index (χ3n) is 9.49. The first kappa shape index (κ1) is 34.7. The lowest BCUT2D eigenvalue weighted by atomic mass is 9.97. The van der Waals surface area contributed by atoms with Crippen molar-refractivity contribution in [3.8, 4) is 39.4 Å². The molecular formula is C37H38Cl2N8O4. The number of fused-ring (bicyclic) bond motifs is 1. The van der Waals surface area contributed by atoms with Crippen LogP contribution in [0.25, 0.3) is 39.0 Å². The van der Waals surface area contributed by atoms with E-state index in [-0.39, 0.29) is 29.5 Å². The number of nitrogens with zero attached hydrogens (tertiary/aromatic N) is 4. The Morgan fingerprint density at radius 3 is 2.08 bits per heavy atom. The monoisotopic (exact) mass is 728 g/mol. The SMILES string of the molecule is COc1nc(-c2cccc(-c3cccc(-c4cc5c(=O)n(C)c(CNC[C@H]6CCC(=O)N6)nn5c4)c3Cl)c2Cl)ccc1CNC[C@@H]1CCC(=O)N1. The lowest BCUT2D eigenvalue weighted by Crippen LogP contribution is -2.36. The summed E-state index contributed by atoms with van der Waals surface area (Å²) in [4.78, 5) is 41.2. The van der Waals surface area contributed by atoms with E-state index in [1.807, 2.05) is 48.5 Å². The van der Waals surface area contributed by atoms with E-state index in [4.69, 9.17) is 38.0 Å². The average Bonchev–Trinajstić information content (AvgIpc) is 3.87. The molecule has 2 aromatic carbocycles. The Kier molecular flexibility index (Phi) is 10.1. The Morgan fingerprint density at radius 2 is 1.45 bits per heavy atom. The highest BCUT2D eigenvalue weighted by Gasteiger charge is 2.22. The first-order chi connectivity index (χ1) is 24.7. The molecule has 0 saturated carbocycles. The van der Waals surface area contributed by atoms with Crippen molar-refractivity contribution in [2.75, 3.05) is 20.2 Å². The Labute approximate surface area is 304 Å². The predicted molar refractivity (Wildman–Crippen MR) is 197 cm³/mol. The van der Waals surface area contributed by atoms with Crippen molar-refractivity contribution < 1.29 is 14.3 Å². The largest absolute Gasteiger partial charge is 0.481 e. The van der Waals surface area contributed by atoms with E-state index in [1.54, 1.807) is 30.9 Å². The van der Waals surface area contributed by atoms with Crippen LogP contribution in [0.3, 0.4) is 0 Å². The van der Waals surface area contributed by atoms with Crippen LogP contribution in [-0.4, -0.2) is 63.3 Å². The van der Waals surface area contributed by atoms with Gasteiger partial charge in [-0.25, -0.2) is 9.50 Å². The number of methoxy groups -OCH3 is 1. The lowest BCUT2D eigenvalue weighted by molar-refractivity contribution is -0.120. The Bertz CT molecular complexity index is 2200. The number of ether oxygens (including phenoxy) is 1. The molecule has 264 valence electrons. The number of hydrogen-bond donors (Lipinski definition) is 4. The fourth-order valence-electron chi connectivity index (χ4n) is 6.71. The molecule has 5 heterocycles. The van der Waals surface area contributed by atoms with Gasteiger partial charge >= 0.3 is 0 Å². The highest BCUT2D eigenvalue weighted by atomic mass is 35.5. The van der Waals surface area contributed by atoms with Crippen LogP contribution in [0.1, 0.15) is 37.1 Å². The number of halogens is 2. The van der Waals surface area contributed by atoms with E-state index in [9.17, 15) is 14.4 Å². The van der Waals surface area contributed by atoms with E-state index in [1.165, 1.54) is 4.57 Å². The molecular weight excluding hydrogens is 691 g/mol. The molecule has 7 rings (SSSR count). The van der Waals surface area contributed by atoms with Gasteiger partial charge in [0.1, 0.15) is 11.3 Å². The van der Waals surface area contributed by atoms with E-state index in [0.717, 1.165) is 46.2 Å². The Hall–Kier alpha value is -4.75. The number of hydrogen-bond acceptors (Lipinski definition) is 8. The fourth-order valence-corrected chi connectivity index (χ4v) is 7.37. The minimum atomic E-state index is -0.183. The van der Waals surface area contributed by atoms with Gasteiger partial charge in [0.25, 0.3) is 5.56 Å². The van der Waals surface area contributed by atoms with Crippen molar-refractivity contribution in [1.29, 1.82) is 0 Å². The van der Waals surface area contributed by atoms with Crippen molar-refractivity contribution >= 4 is 40.5 Å². The van der Waals surface area contributed by atoms with Gasteiger partial charge in [0.15, 0.2) is 0 Å². The lowest BCUT2D eigenvalue weighted by Gasteiger charge is -2.15. The number of carbonyl (C=O) groups is 2. The van der Waals surface area contributed by atoms with Crippen LogP contribution in [0.5, 0.6) is 5.88 Å². The van der Waals surface area contributed by atoms with Crippen LogP contribution in [-0.2, 0) is 29.7 Å². The van der Waals surface area contributed by atoms with Gasteiger partial charge in [0.2, 0.25) is 17.7 Å². The smallest absolute Gasteiger partial charge is 0.277 e. The van der Waals surface area contributed by atoms with Crippen molar-refractivity contribution in [2.24, 2.45) is 7.05 Å². The van der Waals surface area contributed by atoms with Gasteiger partial charge in [-0.15, -0.1) is 0 Å². The summed E-state index contributed by atoms with van der Waals surface area (Å²) >= 11 is 14.2. The summed E-state index contributed by atoms with van der Waals surface area (Å²) in [6, 6.07) is 17.3. The van der Waals surface area contributed by atoms with Crippen molar-refractivity contribution in [1.82, 2.24) is 40.4 Å². The van der Waals surface area contributed by atoms with Gasteiger partial charge in [0.05, 0.1) is 29.4 Å². The second-order valence-corrected chi connectivity index (χ2v) is 13.7. The molecule has 2 atom stereocenters. The minimum Gasteiger partial charge on any atom is -0.481 e. The average molecular weight is 730 g/mol. The van der Waals surface area contributed by atoms with Gasteiger partial charge in [-0.05, 0) is 25.0 Å². The van der Waals surface area contributed by atoms with E-state index < -0.39 is 0 Å². The number of carbonyl (C=O) groups excluding carboxylic acids is 2. The first-order valence-electron chi connectivity index (χ1n) is 16.9. The van der Waals surface area contributed by atoms with Crippen LogP contribution in [0, 0.1) is 0 Å². The number of rotatable bonds is 12. The minimum absolute atomic E-state index is 0.0624. The highest BCUT2D eigenvalue weighted by Crippen LogP contribution is 2.42. The zero-order valence-corrected chi connectivity index (χ0v) is 29.8. The maximum absolute atomic E-state index is 13.4. The maximum Gasteiger partial charge on any atom is 0.277 e. The molecule has 2 amide bonds. The first-order valence-corrected chi connectivity index (χ1v) is 17.7. The summed E-state index contributed by atoms with van der Waals surface area (Å²) in [6.45, 7) is 2.17. The molecule has 2 aliphatic rings. The molecule has 4 N–H and O–H groups in total. The Morgan fingerprint density at radius 1 is 0.843 bits per heavy atom. The second kappa shape index (κ2) is 14.8. The zero-order valence-electron chi connectivity index (χ0n) is 28.3. The highest BCUT2D eigenvalue weighted by molar-refractivity contribution is 6.39. The summed E-state index contributed by atoms with van der Waals surface area (Å²) in [7, 11) is 3.29. The second-order valence-electron chi connectivity index (χ2n) is 12.9. The molecule has 2 fully saturated rings.